The first kappa shape index (κ1) is 12.8. The van der Waals surface area contributed by atoms with Crippen LogP contribution in [0.25, 0.3) is 0 Å². The van der Waals surface area contributed by atoms with Crippen LogP contribution in [0.5, 0.6) is 0 Å². The van der Waals surface area contributed by atoms with Gasteiger partial charge in [0, 0.05) is 30.9 Å². The minimum Gasteiger partial charge on any atom is -0.480 e. The van der Waals surface area contributed by atoms with E-state index in [9.17, 15) is 13.2 Å². The number of nitrogens with zero attached hydrogens (tertiary/aromatic N) is 1. The Labute approximate surface area is 93.8 Å². The van der Waals surface area contributed by atoms with Crippen molar-refractivity contribution in [3.8, 4) is 0 Å². The number of sulfone groups is 1. The predicted molar refractivity (Wildman–Crippen MR) is 60.0 cm³/mol. The van der Waals surface area contributed by atoms with Gasteiger partial charge < -0.3 is 5.11 Å². The average Bonchev–Trinajstić information content (AvgIpc) is 2.14. The number of hydrogen-bond acceptors (Lipinski definition) is 5. The molecule has 0 bridgehead atoms. The summed E-state index contributed by atoms with van der Waals surface area (Å²) in [7, 11) is -3.01. The first-order chi connectivity index (χ1) is 6.90. The van der Waals surface area contributed by atoms with Gasteiger partial charge in [-0.2, -0.15) is 11.8 Å². The van der Waals surface area contributed by atoms with Gasteiger partial charge in [0.05, 0.1) is 5.75 Å². The van der Waals surface area contributed by atoms with Crippen LogP contribution in [-0.2, 0) is 14.6 Å². The van der Waals surface area contributed by atoms with Crippen LogP contribution < -0.4 is 0 Å². The van der Waals surface area contributed by atoms with Crippen LogP contribution in [0.15, 0.2) is 0 Å². The molecule has 0 spiro atoms. The molecule has 1 atom stereocenters. The molecule has 1 unspecified atom stereocenters. The molecule has 0 amide bonds. The molecule has 0 saturated carbocycles. The summed E-state index contributed by atoms with van der Waals surface area (Å²) in [5, 5.41) is 8.93. The summed E-state index contributed by atoms with van der Waals surface area (Å²) in [5.41, 5.74) is 0. The maximum atomic E-state index is 11.0. The van der Waals surface area contributed by atoms with E-state index in [2.05, 4.69) is 0 Å². The van der Waals surface area contributed by atoms with E-state index in [4.69, 9.17) is 5.11 Å². The summed E-state index contributed by atoms with van der Waals surface area (Å²) in [6.45, 7) is 0.966. The van der Waals surface area contributed by atoms with E-state index in [1.54, 1.807) is 16.7 Å². The zero-order valence-corrected chi connectivity index (χ0v) is 10.2. The minimum absolute atomic E-state index is 0.0292. The van der Waals surface area contributed by atoms with Crippen LogP contribution >= 0.6 is 11.8 Å². The molecule has 88 valence electrons. The zero-order chi connectivity index (χ0) is 11.5. The third kappa shape index (κ3) is 4.40. The van der Waals surface area contributed by atoms with Gasteiger partial charge in [0.2, 0.25) is 0 Å². The van der Waals surface area contributed by atoms with Crippen molar-refractivity contribution in [3.05, 3.63) is 0 Å². The van der Waals surface area contributed by atoms with Crippen LogP contribution in [0.4, 0.5) is 0 Å². The molecule has 0 aliphatic carbocycles. The van der Waals surface area contributed by atoms with Crippen molar-refractivity contribution < 1.29 is 18.3 Å². The molecule has 1 rings (SSSR count). The second-order valence-electron chi connectivity index (χ2n) is 3.59. The first-order valence-electron chi connectivity index (χ1n) is 4.62. The van der Waals surface area contributed by atoms with Crippen LogP contribution in [-0.4, -0.2) is 67.0 Å². The van der Waals surface area contributed by atoms with Gasteiger partial charge in [-0.25, -0.2) is 8.42 Å². The molecule has 0 aromatic carbocycles. The van der Waals surface area contributed by atoms with Crippen molar-refractivity contribution in [1.29, 1.82) is 0 Å². The highest BCUT2D eigenvalue weighted by Crippen LogP contribution is 2.16. The highest BCUT2D eigenvalue weighted by atomic mass is 32.2. The Kier molecular flexibility index (Phi) is 4.42. The highest BCUT2D eigenvalue weighted by Gasteiger charge is 2.28. The van der Waals surface area contributed by atoms with Crippen LogP contribution in [0.3, 0.4) is 0 Å². The molecule has 1 heterocycles. The van der Waals surface area contributed by atoms with Gasteiger partial charge in [0.25, 0.3) is 0 Å². The Balaban J connectivity index is 2.54. The lowest BCUT2D eigenvalue weighted by Gasteiger charge is -2.32. The number of carboxylic acids is 1. The van der Waals surface area contributed by atoms with Gasteiger partial charge in [0.1, 0.15) is 15.9 Å². The molecule has 15 heavy (non-hydrogen) atoms. The SMILES string of the molecule is CS(=O)(=O)CCN1CCSCC1C(=O)O. The normalized spacial score (nSPS) is 23.9. The highest BCUT2D eigenvalue weighted by molar-refractivity contribution is 7.99. The molecule has 1 N–H and O–H groups in total. The number of carbonyl (C=O) groups is 1. The van der Waals surface area contributed by atoms with Gasteiger partial charge in [0.15, 0.2) is 0 Å². The summed E-state index contributed by atoms with van der Waals surface area (Å²) in [4.78, 5) is 12.6. The fraction of sp³-hybridized carbons (Fsp3) is 0.875. The molecule has 0 aromatic rings. The summed E-state index contributed by atoms with van der Waals surface area (Å²) in [6, 6.07) is -0.537. The quantitative estimate of drug-likeness (QED) is 0.730. The van der Waals surface area contributed by atoms with Gasteiger partial charge in [-0.05, 0) is 0 Å². The Morgan fingerprint density at radius 2 is 2.27 bits per heavy atom. The topological polar surface area (TPSA) is 74.7 Å². The Bertz CT molecular complexity index is 328. The maximum Gasteiger partial charge on any atom is 0.321 e. The lowest BCUT2D eigenvalue weighted by Crippen LogP contribution is -2.48. The lowest BCUT2D eigenvalue weighted by molar-refractivity contribution is -0.142. The monoisotopic (exact) mass is 253 g/mol. The standard InChI is InChI=1S/C8H15NO4S2/c1-15(12,13)5-3-9-2-4-14-6-7(9)8(10)11/h7H,2-6H2,1H3,(H,10,11). The molecular weight excluding hydrogens is 238 g/mol. The van der Waals surface area contributed by atoms with Crippen LogP contribution in [0, 0.1) is 0 Å². The number of carboxylic acid groups (broad SMARTS) is 1. The first-order valence-corrected chi connectivity index (χ1v) is 7.84. The van der Waals surface area contributed by atoms with Gasteiger partial charge in [-0.1, -0.05) is 0 Å². The molecule has 0 aromatic heterocycles. The second-order valence-corrected chi connectivity index (χ2v) is 7.00. The molecule has 1 fully saturated rings. The molecule has 7 heteroatoms. The zero-order valence-electron chi connectivity index (χ0n) is 8.55. The number of rotatable bonds is 4. The Morgan fingerprint density at radius 3 is 2.80 bits per heavy atom. The van der Waals surface area contributed by atoms with Crippen molar-refractivity contribution in [2.24, 2.45) is 0 Å². The van der Waals surface area contributed by atoms with Crippen molar-refractivity contribution in [2.45, 2.75) is 6.04 Å². The van der Waals surface area contributed by atoms with E-state index < -0.39 is 21.8 Å². The van der Waals surface area contributed by atoms with Gasteiger partial charge in [-0.15, -0.1) is 0 Å². The van der Waals surface area contributed by atoms with Crippen molar-refractivity contribution >= 4 is 27.6 Å². The van der Waals surface area contributed by atoms with E-state index in [-0.39, 0.29) is 5.75 Å². The number of thioether (sulfide) groups is 1. The summed E-state index contributed by atoms with van der Waals surface area (Å²) in [6.07, 6.45) is 1.17. The van der Waals surface area contributed by atoms with E-state index in [0.717, 1.165) is 5.75 Å². The lowest BCUT2D eigenvalue weighted by atomic mass is 10.3. The largest absolute Gasteiger partial charge is 0.480 e. The second kappa shape index (κ2) is 5.18. The van der Waals surface area contributed by atoms with Crippen molar-refractivity contribution in [3.63, 3.8) is 0 Å². The molecule has 1 aliphatic rings. The Hall–Kier alpha value is -0.270. The van der Waals surface area contributed by atoms with Crippen molar-refractivity contribution in [2.75, 3.05) is 36.6 Å². The number of aliphatic carboxylic acids is 1. The van der Waals surface area contributed by atoms with Crippen molar-refractivity contribution in [1.82, 2.24) is 4.90 Å². The molecule has 0 radical (unpaired) electrons. The molecule has 5 nitrogen and oxygen atoms in total. The van der Waals surface area contributed by atoms with E-state index in [1.807, 2.05) is 0 Å². The summed E-state index contributed by atoms with van der Waals surface area (Å²) >= 11 is 1.60. The molecular formula is C8H15NO4S2. The third-order valence-electron chi connectivity index (χ3n) is 2.27. The predicted octanol–water partition coefficient (Wildman–Crippen LogP) is -0.467. The van der Waals surface area contributed by atoms with Gasteiger partial charge >= 0.3 is 5.97 Å². The Morgan fingerprint density at radius 1 is 1.60 bits per heavy atom. The fourth-order valence-corrected chi connectivity index (χ4v) is 3.09. The minimum atomic E-state index is -3.01. The van der Waals surface area contributed by atoms with Gasteiger partial charge in [-0.3, -0.25) is 9.69 Å². The van der Waals surface area contributed by atoms with E-state index >= 15 is 0 Å². The van der Waals surface area contributed by atoms with E-state index in [1.165, 1.54) is 6.26 Å². The van der Waals surface area contributed by atoms with Crippen LogP contribution in [0.1, 0.15) is 0 Å². The fourth-order valence-electron chi connectivity index (χ4n) is 1.42. The molecule has 1 saturated heterocycles. The summed E-state index contributed by atoms with van der Waals surface area (Å²) in [5.74, 6) is 0.573. The molecule has 1 aliphatic heterocycles. The summed E-state index contributed by atoms with van der Waals surface area (Å²) < 4.78 is 21.9. The smallest absolute Gasteiger partial charge is 0.321 e. The number of hydrogen-bond donors (Lipinski definition) is 1. The third-order valence-corrected chi connectivity index (χ3v) is 4.22. The average molecular weight is 253 g/mol. The van der Waals surface area contributed by atoms with E-state index in [0.29, 0.717) is 18.8 Å². The van der Waals surface area contributed by atoms with Crippen LogP contribution in [0.2, 0.25) is 0 Å². The maximum absolute atomic E-state index is 11.0.